The lowest BCUT2D eigenvalue weighted by Crippen LogP contribution is -2.35. The first-order valence-electron chi connectivity index (χ1n) is 4.40. The third-order valence-corrected chi connectivity index (χ3v) is 2.19. The molecule has 1 aromatic rings. The van der Waals surface area contributed by atoms with Crippen molar-refractivity contribution in [1.29, 1.82) is 0 Å². The molecular weight excluding hydrogens is 166 g/mol. The predicted octanol–water partition coefficient (Wildman–Crippen LogP) is 0.325. The van der Waals surface area contributed by atoms with Crippen LogP contribution < -0.4 is 5.73 Å². The maximum absolute atomic E-state index is 5.89. The largest absolute Gasteiger partial charge is 0.380 e. The van der Waals surface area contributed by atoms with Crippen molar-refractivity contribution < 1.29 is 4.74 Å². The first-order valence-corrected chi connectivity index (χ1v) is 4.40. The van der Waals surface area contributed by atoms with E-state index in [1.807, 2.05) is 26.2 Å². The number of hydrogen-bond acceptors (Lipinski definition) is 3. The first-order chi connectivity index (χ1) is 6.13. The van der Waals surface area contributed by atoms with Crippen LogP contribution in [0, 0.1) is 0 Å². The van der Waals surface area contributed by atoms with Crippen LogP contribution >= 0.6 is 0 Å². The molecule has 4 nitrogen and oxygen atoms in total. The van der Waals surface area contributed by atoms with Crippen LogP contribution in [0.4, 0.5) is 0 Å². The molecule has 74 valence electrons. The Hall–Kier alpha value is -0.870. The minimum absolute atomic E-state index is 0.0138. The van der Waals surface area contributed by atoms with Gasteiger partial charge >= 0.3 is 0 Å². The summed E-state index contributed by atoms with van der Waals surface area (Å²) >= 11 is 0. The topological polar surface area (TPSA) is 53.1 Å². The van der Waals surface area contributed by atoms with Gasteiger partial charge in [0.1, 0.15) is 0 Å². The van der Waals surface area contributed by atoms with E-state index in [1.54, 1.807) is 11.8 Å². The van der Waals surface area contributed by atoms with Crippen LogP contribution in [0.3, 0.4) is 0 Å². The number of nitrogens with two attached hydrogens (primary N) is 1. The lowest BCUT2D eigenvalue weighted by atomic mass is 10.1. The molecule has 0 aliphatic rings. The molecule has 0 aliphatic heterocycles. The fourth-order valence-electron chi connectivity index (χ4n) is 1.15. The summed E-state index contributed by atoms with van der Waals surface area (Å²) < 4.78 is 6.91. The summed E-state index contributed by atoms with van der Waals surface area (Å²) in [6.45, 7) is 1.97. The third-order valence-electron chi connectivity index (χ3n) is 2.19. The van der Waals surface area contributed by atoms with E-state index in [-0.39, 0.29) is 12.1 Å². The van der Waals surface area contributed by atoms with Gasteiger partial charge in [0.05, 0.1) is 11.8 Å². The van der Waals surface area contributed by atoms with Gasteiger partial charge in [0, 0.05) is 32.8 Å². The molecule has 0 radical (unpaired) electrons. The number of nitrogens with zero attached hydrogens (tertiary/aromatic N) is 2. The van der Waals surface area contributed by atoms with Crippen molar-refractivity contribution in [2.75, 3.05) is 7.11 Å². The minimum atomic E-state index is 0.0138. The van der Waals surface area contributed by atoms with Crippen LogP contribution in [-0.4, -0.2) is 29.0 Å². The summed E-state index contributed by atoms with van der Waals surface area (Å²) in [6, 6.07) is 1.99. The fourth-order valence-corrected chi connectivity index (χ4v) is 1.15. The van der Waals surface area contributed by atoms with E-state index in [0.29, 0.717) is 0 Å². The number of hydrogen-bond donors (Lipinski definition) is 1. The first kappa shape index (κ1) is 10.2. The van der Waals surface area contributed by atoms with Gasteiger partial charge in [0.15, 0.2) is 0 Å². The van der Waals surface area contributed by atoms with E-state index < -0.39 is 0 Å². The van der Waals surface area contributed by atoms with Crippen molar-refractivity contribution in [3.63, 3.8) is 0 Å². The van der Waals surface area contributed by atoms with Gasteiger partial charge in [0.2, 0.25) is 0 Å². The van der Waals surface area contributed by atoms with Crippen LogP contribution in [0.15, 0.2) is 12.3 Å². The van der Waals surface area contributed by atoms with Gasteiger partial charge in [-0.25, -0.2) is 0 Å². The van der Waals surface area contributed by atoms with Gasteiger partial charge in [0.25, 0.3) is 0 Å². The molecule has 0 amide bonds. The van der Waals surface area contributed by atoms with Gasteiger partial charge < -0.3 is 10.5 Å². The molecule has 0 saturated carbocycles. The lowest BCUT2D eigenvalue weighted by molar-refractivity contribution is 0.0952. The summed E-state index contributed by atoms with van der Waals surface area (Å²) in [6.07, 6.45) is 2.75. The molecule has 0 aliphatic carbocycles. The van der Waals surface area contributed by atoms with E-state index in [4.69, 9.17) is 10.5 Å². The quantitative estimate of drug-likeness (QED) is 0.731. The van der Waals surface area contributed by atoms with Crippen molar-refractivity contribution >= 4 is 0 Å². The molecule has 2 N–H and O–H groups in total. The Morgan fingerprint density at radius 1 is 1.69 bits per heavy atom. The van der Waals surface area contributed by atoms with Crippen LogP contribution in [-0.2, 0) is 18.2 Å². The zero-order chi connectivity index (χ0) is 9.84. The van der Waals surface area contributed by atoms with E-state index in [0.717, 1.165) is 12.1 Å². The number of aromatic nitrogens is 2. The maximum Gasteiger partial charge on any atom is 0.0697 e. The van der Waals surface area contributed by atoms with Crippen molar-refractivity contribution in [2.24, 2.45) is 12.8 Å². The Morgan fingerprint density at radius 3 is 2.85 bits per heavy atom. The van der Waals surface area contributed by atoms with E-state index in [2.05, 4.69) is 5.10 Å². The van der Waals surface area contributed by atoms with Crippen LogP contribution in [0.25, 0.3) is 0 Å². The van der Waals surface area contributed by atoms with E-state index in [1.165, 1.54) is 0 Å². The predicted molar refractivity (Wildman–Crippen MR) is 51.4 cm³/mol. The Labute approximate surface area is 78.7 Å². The Balaban J connectivity index is 2.49. The zero-order valence-corrected chi connectivity index (χ0v) is 8.40. The van der Waals surface area contributed by atoms with Crippen molar-refractivity contribution in [3.05, 3.63) is 18.0 Å². The number of aryl methyl sites for hydroxylation is 1. The molecule has 0 saturated heterocycles. The standard InChI is InChI=1S/C9H17N3O/c1-7(13-3)9(10)6-8-4-5-12(2)11-8/h4-5,7,9H,6,10H2,1-3H3. The highest BCUT2D eigenvalue weighted by atomic mass is 16.5. The molecular formula is C9H17N3O. The molecule has 0 fully saturated rings. The smallest absolute Gasteiger partial charge is 0.0697 e. The highest BCUT2D eigenvalue weighted by Crippen LogP contribution is 2.03. The van der Waals surface area contributed by atoms with Crippen molar-refractivity contribution in [3.8, 4) is 0 Å². The maximum atomic E-state index is 5.89. The van der Waals surface area contributed by atoms with Crippen LogP contribution in [0.1, 0.15) is 12.6 Å². The zero-order valence-electron chi connectivity index (χ0n) is 8.40. The molecule has 0 spiro atoms. The number of ether oxygens (including phenoxy) is 1. The Kier molecular flexibility index (Phi) is 3.45. The summed E-state index contributed by atoms with van der Waals surface area (Å²) in [5.41, 5.74) is 6.91. The second-order valence-electron chi connectivity index (χ2n) is 3.29. The second-order valence-corrected chi connectivity index (χ2v) is 3.29. The second kappa shape index (κ2) is 4.39. The SMILES string of the molecule is COC(C)C(N)Cc1ccn(C)n1. The molecule has 2 unspecified atom stereocenters. The van der Waals surface area contributed by atoms with E-state index >= 15 is 0 Å². The fraction of sp³-hybridized carbons (Fsp3) is 0.667. The monoisotopic (exact) mass is 183 g/mol. The van der Waals surface area contributed by atoms with E-state index in [9.17, 15) is 0 Å². The summed E-state index contributed by atoms with van der Waals surface area (Å²) in [5.74, 6) is 0. The van der Waals surface area contributed by atoms with Gasteiger partial charge in [-0.05, 0) is 13.0 Å². The lowest BCUT2D eigenvalue weighted by Gasteiger charge is -2.16. The molecule has 2 atom stereocenters. The number of rotatable bonds is 4. The van der Waals surface area contributed by atoms with Gasteiger partial charge in [-0.2, -0.15) is 5.10 Å². The number of methoxy groups -OCH3 is 1. The molecule has 13 heavy (non-hydrogen) atoms. The molecule has 1 heterocycles. The molecule has 0 aromatic carbocycles. The molecule has 1 aromatic heterocycles. The Morgan fingerprint density at radius 2 is 2.38 bits per heavy atom. The van der Waals surface area contributed by atoms with Crippen LogP contribution in [0.2, 0.25) is 0 Å². The highest BCUT2D eigenvalue weighted by Gasteiger charge is 2.13. The summed E-state index contributed by atoms with van der Waals surface area (Å²) in [4.78, 5) is 0. The molecule has 1 rings (SSSR count). The molecule has 4 heteroatoms. The van der Waals surface area contributed by atoms with Gasteiger partial charge in [-0.1, -0.05) is 0 Å². The van der Waals surface area contributed by atoms with Gasteiger partial charge in [-0.15, -0.1) is 0 Å². The van der Waals surface area contributed by atoms with Crippen LogP contribution in [0.5, 0.6) is 0 Å². The minimum Gasteiger partial charge on any atom is -0.380 e. The third kappa shape index (κ3) is 2.82. The average molecular weight is 183 g/mol. The summed E-state index contributed by atoms with van der Waals surface area (Å²) in [7, 11) is 3.57. The summed E-state index contributed by atoms with van der Waals surface area (Å²) in [5, 5.41) is 4.25. The highest BCUT2D eigenvalue weighted by molar-refractivity contribution is 5.01. The van der Waals surface area contributed by atoms with Gasteiger partial charge in [-0.3, -0.25) is 4.68 Å². The molecule has 0 bridgehead atoms. The average Bonchev–Trinajstić information content (AvgIpc) is 2.49. The van der Waals surface area contributed by atoms with Crippen molar-refractivity contribution in [2.45, 2.75) is 25.5 Å². The Bertz CT molecular complexity index is 259. The van der Waals surface area contributed by atoms with Crippen molar-refractivity contribution in [1.82, 2.24) is 9.78 Å². The normalized spacial score (nSPS) is 15.7.